The van der Waals surface area contributed by atoms with Crippen LogP contribution in [0.25, 0.3) is 0 Å². The second-order valence-corrected chi connectivity index (χ2v) is 9.19. The number of aromatic hydroxyl groups is 1. The van der Waals surface area contributed by atoms with E-state index in [4.69, 9.17) is 10.5 Å². The van der Waals surface area contributed by atoms with Crippen molar-refractivity contribution in [2.75, 3.05) is 16.6 Å². The molecular weight excluding hydrogens is 458 g/mol. The number of esters is 1. The van der Waals surface area contributed by atoms with Gasteiger partial charge in [-0.25, -0.2) is 13.2 Å². The summed E-state index contributed by atoms with van der Waals surface area (Å²) in [4.78, 5) is 35.2. The molecule has 0 saturated carbocycles. The highest BCUT2D eigenvalue weighted by Gasteiger charge is 2.19. The molecule has 32 heavy (non-hydrogen) atoms. The van der Waals surface area contributed by atoms with Gasteiger partial charge in [0.2, 0.25) is 5.91 Å². The molecule has 0 bridgehead atoms. The minimum atomic E-state index is -3.82. The average Bonchev–Trinajstić information content (AvgIpc) is 3.28. The van der Waals surface area contributed by atoms with Crippen LogP contribution in [0.1, 0.15) is 20.7 Å². The van der Waals surface area contributed by atoms with E-state index in [0.29, 0.717) is 5.69 Å². The largest absolute Gasteiger partial charge is 0.507 e. The van der Waals surface area contributed by atoms with E-state index in [1.165, 1.54) is 42.5 Å². The SMILES string of the molecule is NC(=O)c1ccc(NC(=O)COC(=O)c2ccc(NS(=O)(=O)c3cccs3)cc2O)cc1. The molecule has 0 fully saturated rings. The minimum absolute atomic E-state index is 0.0459. The van der Waals surface area contributed by atoms with E-state index in [-0.39, 0.29) is 21.0 Å². The van der Waals surface area contributed by atoms with Gasteiger partial charge in [-0.3, -0.25) is 14.3 Å². The number of phenols is 1. The Hall–Kier alpha value is -3.90. The van der Waals surface area contributed by atoms with Crippen LogP contribution < -0.4 is 15.8 Å². The van der Waals surface area contributed by atoms with E-state index in [1.807, 2.05) is 0 Å². The summed E-state index contributed by atoms with van der Waals surface area (Å²) in [6.07, 6.45) is 0. The minimum Gasteiger partial charge on any atom is -0.507 e. The number of benzene rings is 2. The van der Waals surface area contributed by atoms with Gasteiger partial charge in [-0.2, -0.15) is 0 Å². The molecule has 10 nitrogen and oxygen atoms in total. The Bertz CT molecular complexity index is 1250. The van der Waals surface area contributed by atoms with Gasteiger partial charge in [0.1, 0.15) is 15.5 Å². The van der Waals surface area contributed by atoms with E-state index in [2.05, 4.69) is 10.0 Å². The topological polar surface area (TPSA) is 165 Å². The predicted octanol–water partition coefficient (Wildman–Crippen LogP) is 2.15. The Kier molecular flexibility index (Phi) is 6.76. The van der Waals surface area contributed by atoms with E-state index in [9.17, 15) is 27.9 Å². The molecular formula is C20H17N3O7S2. The van der Waals surface area contributed by atoms with E-state index < -0.39 is 40.2 Å². The van der Waals surface area contributed by atoms with Crippen molar-refractivity contribution in [1.29, 1.82) is 0 Å². The molecule has 166 valence electrons. The van der Waals surface area contributed by atoms with Gasteiger partial charge >= 0.3 is 5.97 Å². The Balaban J connectivity index is 1.58. The highest BCUT2D eigenvalue weighted by Crippen LogP contribution is 2.26. The maximum atomic E-state index is 12.2. The van der Waals surface area contributed by atoms with Crippen LogP contribution in [0.5, 0.6) is 5.75 Å². The first kappa shape index (κ1) is 22.8. The number of thiophene rings is 1. The third-order valence-electron chi connectivity index (χ3n) is 4.02. The molecule has 0 aliphatic rings. The second-order valence-electron chi connectivity index (χ2n) is 6.34. The molecule has 2 aromatic carbocycles. The average molecular weight is 476 g/mol. The Morgan fingerprint density at radius 3 is 2.31 bits per heavy atom. The molecule has 0 aliphatic heterocycles. The maximum Gasteiger partial charge on any atom is 0.342 e. The van der Waals surface area contributed by atoms with Gasteiger partial charge in [-0.1, -0.05) is 6.07 Å². The third kappa shape index (κ3) is 5.62. The van der Waals surface area contributed by atoms with Gasteiger partial charge in [0.25, 0.3) is 15.9 Å². The fourth-order valence-corrected chi connectivity index (χ4v) is 4.56. The first-order valence-electron chi connectivity index (χ1n) is 8.92. The number of phenolic OH excluding ortho intramolecular Hbond substituents is 1. The van der Waals surface area contributed by atoms with Crippen molar-refractivity contribution in [3.05, 3.63) is 71.1 Å². The molecule has 1 heterocycles. The van der Waals surface area contributed by atoms with Gasteiger partial charge in [-0.15, -0.1) is 11.3 Å². The van der Waals surface area contributed by atoms with Crippen molar-refractivity contribution in [2.45, 2.75) is 4.21 Å². The lowest BCUT2D eigenvalue weighted by atomic mass is 10.2. The summed E-state index contributed by atoms with van der Waals surface area (Å²) in [5.74, 6) is -2.76. The maximum absolute atomic E-state index is 12.2. The fraction of sp³-hybridized carbons (Fsp3) is 0.0500. The molecule has 0 aliphatic carbocycles. The van der Waals surface area contributed by atoms with Crippen molar-refractivity contribution in [3.63, 3.8) is 0 Å². The van der Waals surface area contributed by atoms with Gasteiger partial charge < -0.3 is 20.9 Å². The van der Waals surface area contributed by atoms with Crippen LogP contribution in [0.3, 0.4) is 0 Å². The molecule has 0 atom stereocenters. The number of primary amides is 1. The molecule has 0 spiro atoms. The number of rotatable bonds is 8. The van der Waals surface area contributed by atoms with Gasteiger partial charge in [-0.05, 0) is 47.8 Å². The number of anilines is 2. The lowest BCUT2D eigenvalue weighted by molar-refractivity contribution is -0.119. The molecule has 12 heteroatoms. The molecule has 0 saturated heterocycles. The van der Waals surface area contributed by atoms with Crippen LogP contribution in [0.4, 0.5) is 11.4 Å². The van der Waals surface area contributed by atoms with Gasteiger partial charge in [0.15, 0.2) is 6.61 Å². The van der Waals surface area contributed by atoms with Gasteiger partial charge in [0.05, 0.1) is 5.69 Å². The summed E-state index contributed by atoms with van der Waals surface area (Å²) in [5, 5.41) is 14.2. The van der Waals surface area contributed by atoms with Gasteiger partial charge in [0, 0.05) is 17.3 Å². The number of hydrogen-bond donors (Lipinski definition) is 4. The Morgan fingerprint density at radius 1 is 1.03 bits per heavy atom. The monoisotopic (exact) mass is 475 g/mol. The molecule has 3 rings (SSSR count). The molecule has 0 radical (unpaired) electrons. The Morgan fingerprint density at radius 2 is 1.72 bits per heavy atom. The summed E-state index contributed by atoms with van der Waals surface area (Å²) in [6.45, 7) is -0.636. The quantitative estimate of drug-likeness (QED) is 0.362. The van der Waals surface area contributed by atoms with E-state index >= 15 is 0 Å². The Labute approximate surface area is 186 Å². The van der Waals surface area contributed by atoms with Crippen LogP contribution in [0, 0.1) is 0 Å². The standard InChI is InChI=1S/C20H17N3O7S2/c21-19(26)12-3-5-13(6-4-12)22-17(25)11-30-20(27)15-8-7-14(10-16(15)24)23-32(28,29)18-2-1-9-31-18/h1-10,23-24H,11H2,(H2,21,26)(H,22,25). The summed E-state index contributed by atoms with van der Waals surface area (Å²) in [7, 11) is -3.82. The smallest absolute Gasteiger partial charge is 0.342 e. The number of carbonyl (C=O) groups is 3. The molecule has 3 aromatic rings. The third-order valence-corrected chi connectivity index (χ3v) is 6.80. The number of carbonyl (C=O) groups excluding carboxylic acids is 3. The predicted molar refractivity (Wildman–Crippen MR) is 117 cm³/mol. The van der Waals surface area contributed by atoms with Crippen molar-refractivity contribution in [1.82, 2.24) is 0 Å². The highest BCUT2D eigenvalue weighted by molar-refractivity contribution is 7.94. The van der Waals surface area contributed by atoms with Crippen molar-refractivity contribution < 1.29 is 32.6 Å². The van der Waals surface area contributed by atoms with Crippen LogP contribution >= 0.6 is 11.3 Å². The summed E-state index contributed by atoms with van der Waals surface area (Å²) in [5.41, 5.74) is 5.57. The highest BCUT2D eigenvalue weighted by atomic mass is 32.2. The lowest BCUT2D eigenvalue weighted by Gasteiger charge is -2.10. The van der Waals surface area contributed by atoms with Crippen LogP contribution in [-0.2, 0) is 19.6 Å². The fourth-order valence-electron chi connectivity index (χ4n) is 2.51. The van der Waals surface area contributed by atoms with Crippen LogP contribution in [0.2, 0.25) is 0 Å². The number of amides is 2. The van der Waals surface area contributed by atoms with Crippen molar-refractivity contribution >= 4 is 50.5 Å². The molecule has 1 aromatic heterocycles. The number of hydrogen-bond acceptors (Lipinski definition) is 8. The number of nitrogens with two attached hydrogens (primary N) is 1. The number of nitrogens with one attached hydrogen (secondary N) is 2. The lowest BCUT2D eigenvalue weighted by Crippen LogP contribution is -2.21. The van der Waals surface area contributed by atoms with Crippen LogP contribution in [0.15, 0.2) is 64.2 Å². The zero-order chi connectivity index (χ0) is 23.3. The normalized spacial score (nSPS) is 10.9. The molecule has 2 amide bonds. The number of sulfonamides is 1. The van der Waals surface area contributed by atoms with Crippen molar-refractivity contribution in [2.24, 2.45) is 5.73 Å². The number of ether oxygens (including phenoxy) is 1. The first-order valence-corrected chi connectivity index (χ1v) is 11.3. The molecule has 0 unspecified atom stereocenters. The second kappa shape index (κ2) is 9.49. The molecule has 5 N–H and O–H groups in total. The summed E-state index contributed by atoms with van der Waals surface area (Å²) < 4.78 is 31.7. The zero-order valence-corrected chi connectivity index (χ0v) is 17.9. The zero-order valence-electron chi connectivity index (χ0n) is 16.3. The van der Waals surface area contributed by atoms with E-state index in [1.54, 1.807) is 11.4 Å². The van der Waals surface area contributed by atoms with Crippen molar-refractivity contribution in [3.8, 4) is 5.75 Å². The summed E-state index contributed by atoms with van der Waals surface area (Å²) >= 11 is 1.03. The first-order chi connectivity index (χ1) is 15.2. The van der Waals surface area contributed by atoms with Crippen LogP contribution in [-0.4, -0.2) is 37.9 Å². The summed E-state index contributed by atoms with van der Waals surface area (Å²) in [6, 6.07) is 12.3. The van der Waals surface area contributed by atoms with E-state index in [0.717, 1.165) is 17.4 Å².